The van der Waals surface area contributed by atoms with E-state index in [1.54, 1.807) is 32.0 Å². The summed E-state index contributed by atoms with van der Waals surface area (Å²) >= 11 is 11.9. The van der Waals surface area contributed by atoms with E-state index >= 15 is 0 Å². The maximum atomic E-state index is 11.9. The summed E-state index contributed by atoms with van der Waals surface area (Å²) in [4.78, 5) is 24.7. The van der Waals surface area contributed by atoms with E-state index in [2.05, 4.69) is 5.32 Å². The Morgan fingerprint density at radius 3 is 2.35 bits per heavy atom. The maximum absolute atomic E-state index is 11.9. The van der Waals surface area contributed by atoms with E-state index in [1.165, 1.54) is 0 Å². The molecular formula is C13H14Cl2N2O3. The van der Waals surface area contributed by atoms with Gasteiger partial charge in [0.05, 0.1) is 16.6 Å². The number of imide groups is 1. The number of rotatable bonds is 4. The number of halogens is 2. The lowest BCUT2D eigenvalue weighted by molar-refractivity contribution is -0.130. The Balaban J connectivity index is 1.97. The van der Waals surface area contributed by atoms with Crippen LogP contribution < -0.4 is 10.1 Å². The minimum Gasteiger partial charge on any atom is -0.489 e. The number of carbonyl (C=O) groups excluding carboxylic acids is 2. The summed E-state index contributed by atoms with van der Waals surface area (Å²) in [5.74, 6) is 0.0681. The minimum atomic E-state index is -0.876. The standard InChI is InChI=1S/C13H14Cl2N2O3/c1-13(2)11(18)17(12(19)16-13)6-7-20-10-8(14)4-3-5-9(10)15/h3-5H,6-7H2,1-2H3,(H,16,19). The van der Waals surface area contributed by atoms with Crippen molar-refractivity contribution in [1.82, 2.24) is 10.2 Å². The Bertz CT molecular complexity index is 540. The number of amides is 3. The van der Waals surface area contributed by atoms with E-state index in [-0.39, 0.29) is 19.1 Å². The third-order valence-electron chi connectivity index (χ3n) is 2.92. The van der Waals surface area contributed by atoms with Crippen molar-refractivity contribution >= 4 is 35.1 Å². The van der Waals surface area contributed by atoms with Crippen molar-refractivity contribution in [2.24, 2.45) is 0 Å². The van der Waals surface area contributed by atoms with Gasteiger partial charge in [-0.3, -0.25) is 9.69 Å². The zero-order chi connectivity index (χ0) is 14.9. The van der Waals surface area contributed by atoms with Gasteiger partial charge in [-0.05, 0) is 26.0 Å². The van der Waals surface area contributed by atoms with Gasteiger partial charge in [0.2, 0.25) is 0 Å². The molecule has 1 aromatic carbocycles. The second-order valence-electron chi connectivity index (χ2n) is 4.91. The molecule has 1 heterocycles. The van der Waals surface area contributed by atoms with Gasteiger partial charge in [-0.25, -0.2) is 4.79 Å². The highest BCUT2D eigenvalue weighted by Crippen LogP contribution is 2.32. The smallest absolute Gasteiger partial charge is 0.325 e. The first kappa shape index (κ1) is 14.9. The summed E-state index contributed by atoms with van der Waals surface area (Å²) in [7, 11) is 0. The van der Waals surface area contributed by atoms with Crippen molar-refractivity contribution in [3.05, 3.63) is 28.2 Å². The van der Waals surface area contributed by atoms with Gasteiger partial charge in [0.1, 0.15) is 12.1 Å². The number of nitrogens with zero attached hydrogens (tertiary/aromatic N) is 1. The summed E-state index contributed by atoms with van der Waals surface area (Å²) in [6, 6.07) is 4.59. The third-order valence-corrected chi connectivity index (χ3v) is 3.52. The second kappa shape index (κ2) is 5.50. The molecule has 0 radical (unpaired) electrons. The van der Waals surface area contributed by atoms with Crippen LogP contribution in [-0.4, -0.2) is 35.5 Å². The van der Waals surface area contributed by atoms with Crippen LogP contribution in [0.25, 0.3) is 0 Å². The van der Waals surface area contributed by atoms with Gasteiger partial charge in [-0.15, -0.1) is 0 Å². The Labute approximate surface area is 126 Å². The van der Waals surface area contributed by atoms with Gasteiger partial charge in [0.15, 0.2) is 5.75 Å². The molecule has 108 valence electrons. The molecule has 0 atom stereocenters. The topological polar surface area (TPSA) is 58.6 Å². The molecule has 7 heteroatoms. The lowest BCUT2D eigenvalue weighted by Crippen LogP contribution is -2.40. The van der Waals surface area contributed by atoms with Crippen molar-refractivity contribution < 1.29 is 14.3 Å². The highest BCUT2D eigenvalue weighted by molar-refractivity contribution is 6.37. The first-order valence-corrected chi connectivity index (χ1v) is 6.79. The van der Waals surface area contributed by atoms with E-state index < -0.39 is 11.6 Å². The summed E-state index contributed by atoms with van der Waals surface area (Å²) in [5, 5.41) is 3.36. The molecule has 0 spiro atoms. The molecular weight excluding hydrogens is 303 g/mol. The first-order valence-electron chi connectivity index (χ1n) is 6.04. The number of urea groups is 1. The fraction of sp³-hybridized carbons (Fsp3) is 0.385. The summed E-state index contributed by atoms with van der Waals surface area (Å²) in [6.45, 7) is 3.56. The Morgan fingerprint density at radius 2 is 1.85 bits per heavy atom. The summed E-state index contributed by atoms with van der Waals surface area (Å²) in [6.07, 6.45) is 0. The predicted octanol–water partition coefficient (Wildman–Crippen LogP) is 2.70. The minimum absolute atomic E-state index is 0.124. The van der Waals surface area contributed by atoms with E-state index in [0.29, 0.717) is 15.8 Å². The van der Waals surface area contributed by atoms with Crippen LogP contribution in [0.5, 0.6) is 5.75 Å². The molecule has 0 unspecified atom stereocenters. The molecule has 20 heavy (non-hydrogen) atoms. The van der Waals surface area contributed by atoms with Gasteiger partial charge in [0, 0.05) is 0 Å². The van der Waals surface area contributed by atoms with Crippen molar-refractivity contribution in [1.29, 1.82) is 0 Å². The third kappa shape index (κ3) is 2.83. The molecule has 1 fully saturated rings. The van der Waals surface area contributed by atoms with Crippen LogP contribution in [0.4, 0.5) is 4.79 Å². The molecule has 0 aromatic heterocycles. The van der Waals surface area contributed by atoms with Crippen molar-refractivity contribution in [2.75, 3.05) is 13.2 Å². The molecule has 1 aromatic rings. The van der Waals surface area contributed by atoms with Crippen LogP contribution in [0.3, 0.4) is 0 Å². The monoisotopic (exact) mass is 316 g/mol. The van der Waals surface area contributed by atoms with E-state index in [1.807, 2.05) is 0 Å². The first-order chi connectivity index (χ1) is 9.33. The van der Waals surface area contributed by atoms with Crippen LogP contribution in [0.15, 0.2) is 18.2 Å². The Kier molecular flexibility index (Phi) is 4.11. The van der Waals surface area contributed by atoms with E-state index in [0.717, 1.165) is 4.90 Å². The SMILES string of the molecule is CC1(C)NC(=O)N(CCOc2c(Cl)cccc2Cl)C1=O. The number of benzene rings is 1. The van der Waals surface area contributed by atoms with Crippen LogP contribution in [-0.2, 0) is 4.79 Å². The summed E-state index contributed by atoms with van der Waals surface area (Å²) in [5.41, 5.74) is -0.876. The second-order valence-corrected chi connectivity index (χ2v) is 5.73. The number of ether oxygens (including phenoxy) is 1. The van der Waals surface area contributed by atoms with Crippen LogP contribution in [0.1, 0.15) is 13.8 Å². The van der Waals surface area contributed by atoms with E-state index in [4.69, 9.17) is 27.9 Å². The van der Waals surface area contributed by atoms with Gasteiger partial charge < -0.3 is 10.1 Å². The number of hydrogen-bond donors (Lipinski definition) is 1. The number of para-hydroxylation sites is 1. The average Bonchev–Trinajstić information content (AvgIpc) is 2.54. The van der Waals surface area contributed by atoms with Gasteiger partial charge in [-0.1, -0.05) is 29.3 Å². The molecule has 0 aliphatic carbocycles. The van der Waals surface area contributed by atoms with E-state index in [9.17, 15) is 9.59 Å². The van der Waals surface area contributed by atoms with Crippen molar-refractivity contribution in [3.63, 3.8) is 0 Å². The van der Waals surface area contributed by atoms with Crippen molar-refractivity contribution in [3.8, 4) is 5.75 Å². The quantitative estimate of drug-likeness (QED) is 0.869. The fourth-order valence-corrected chi connectivity index (χ4v) is 2.39. The molecule has 1 aliphatic heterocycles. The average molecular weight is 317 g/mol. The van der Waals surface area contributed by atoms with Crippen molar-refractivity contribution in [2.45, 2.75) is 19.4 Å². The number of hydrogen-bond acceptors (Lipinski definition) is 3. The molecule has 1 saturated heterocycles. The Hall–Kier alpha value is -1.46. The highest BCUT2D eigenvalue weighted by Gasteiger charge is 2.43. The largest absolute Gasteiger partial charge is 0.489 e. The maximum Gasteiger partial charge on any atom is 0.325 e. The lowest BCUT2D eigenvalue weighted by Gasteiger charge is -2.16. The molecule has 2 rings (SSSR count). The molecule has 0 bridgehead atoms. The van der Waals surface area contributed by atoms with Gasteiger partial charge in [-0.2, -0.15) is 0 Å². The zero-order valence-electron chi connectivity index (χ0n) is 11.1. The predicted molar refractivity (Wildman–Crippen MR) is 76.3 cm³/mol. The van der Waals surface area contributed by atoms with Gasteiger partial charge in [0.25, 0.3) is 5.91 Å². The van der Waals surface area contributed by atoms with Crippen LogP contribution in [0.2, 0.25) is 10.0 Å². The molecule has 5 nitrogen and oxygen atoms in total. The lowest BCUT2D eigenvalue weighted by atomic mass is 10.1. The van der Waals surface area contributed by atoms with Crippen LogP contribution >= 0.6 is 23.2 Å². The normalized spacial score (nSPS) is 17.3. The highest BCUT2D eigenvalue weighted by atomic mass is 35.5. The number of carbonyl (C=O) groups is 2. The Morgan fingerprint density at radius 1 is 1.25 bits per heavy atom. The van der Waals surface area contributed by atoms with Gasteiger partial charge >= 0.3 is 6.03 Å². The van der Waals surface area contributed by atoms with Crippen LogP contribution in [0, 0.1) is 0 Å². The zero-order valence-corrected chi connectivity index (χ0v) is 12.6. The molecule has 0 saturated carbocycles. The summed E-state index contributed by atoms with van der Waals surface area (Å²) < 4.78 is 5.46. The fourth-order valence-electron chi connectivity index (χ4n) is 1.88. The molecule has 1 aliphatic rings. The molecule has 1 N–H and O–H groups in total. The number of nitrogens with one attached hydrogen (secondary N) is 1. The molecule has 3 amide bonds.